The molecule has 0 radical (unpaired) electrons. The number of benzene rings is 2. The van der Waals surface area contributed by atoms with Crippen molar-refractivity contribution in [2.24, 2.45) is 0 Å². The maximum atomic E-state index is 13.7. The average Bonchev–Trinajstić information content (AvgIpc) is 2.46. The monoisotopic (exact) mass is 286 g/mol. The third-order valence-electron chi connectivity index (χ3n) is 2.94. The predicted molar refractivity (Wildman–Crippen MR) is 73.3 cm³/mol. The van der Waals surface area contributed by atoms with E-state index in [9.17, 15) is 14.5 Å². The molecule has 106 valence electrons. The van der Waals surface area contributed by atoms with Crippen molar-refractivity contribution in [3.05, 3.63) is 69.0 Å². The van der Waals surface area contributed by atoms with Crippen molar-refractivity contribution in [2.75, 3.05) is 0 Å². The molecule has 0 saturated heterocycles. The highest BCUT2D eigenvalue weighted by Crippen LogP contribution is 2.31. The number of aryl methyl sites for hydroxylation is 1. The molecule has 0 N–H and O–H groups in total. The minimum Gasteiger partial charge on any atom is -0.482 e. The van der Waals surface area contributed by atoms with Crippen molar-refractivity contribution in [1.82, 2.24) is 0 Å². The number of para-hydroxylation sites is 1. The summed E-state index contributed by atoms with van der Waals surface area (Å²) in [5.74, 6) is -0.462. The van der Waals surface area contributed by atoms with Crippen LogP contribution < -0.4 is 4.74 Å². The van der Waals surface area contributed by atoms with E-state index in [2.05, 4.69) is 0 Å². The van der Waals surface area contributed by atoms with Gasteiger partial charge in [0.05, 0.1) is 16.6 Å². The van der Waals surface area contributed by atoms with Crippen molar-refractivity contribution in [2.45, 2.75) is 13.5 Å². The molecule has 0 heterocycles. The number of nitro groups is 1. The van der Waals surface area contributed by atoms with Crippen LogP contribution in [0.4, 0.5) is 10.1 Å². The molecule has 0 aliphatic carbocycles. The van der Waals surface area contributed by atoms with Crippen LogP contribution in [0, 0.1) is 34.2 Å². The number of nitro benzene ring substituents is 1. The van der Waals surface area contributed by atoms with Crippen LogP contribution in [0.25, 0.3) is 0 Å². The number of halogens is 1. The first-order valence-corrected chi connectivity index (χ1v) is 6.08. The van der Waals surface area contributed by atoms with Crippen LogP contribution in [0.3, 0.4) is 0 Å². The fourth-order valence-electron chi connectivity index (χ4n) is 1.85. The van der Waals surface area contributed by atoms with Gasteiger partial charge in [0.15, 0.2) is 5.75 Å². The molecule has 0 aliphatic heterocycles. The summed E-state index contributed by atoms with van der Waals surface area (Å²) in [5, 5.41) is 19.6. The molecule has 0 bridgehead atoms. The zero-order chi connectivity index (χ0) is 15.4. The van der Waals surface area contributed by atoms with Gasteiger partial charge in [-0.3, -0.25) is 10.1 Å². The lowest BCUT2D eigenvalue weighted by molar-refractivity contribution is -0.386. The minimum absolute atomic E-state index is 0.117. The third kappa shape index (κ3) is 3.15. The second kappa shape index (κ2) is 6.01. The Balaban J connectivity index is 2.25. The SMILES string of the molecule is Cc1cccc([N+](=O)[O-])c1OCc1ccc(C#N)cc1F. The highest BCUT2D eigenvalue weighted by Gasteiger charge is 2.17. The number of rotatable bonds is 4. The Labute approximate surface area is 120 Å². The van der Waals surface area contributed by atoms with Crippen molar-refractivity contribution in [3.63, 3.8) is 0 Å². The largest absolute Gasteiger partial charge is 0.482 e. The summed E-state index contributed by atoms with van der Waals surface area (Å²) in [6, 6.07) is 10.4. The summed E-state index contributed by atoms with van der Waals surface area (Å²) in [5.41, 5.74) is 0.868. The topological polar surface area (TPSA) is 76.2 Å². The van der Waals surface area contributed by atoms with E-state index in [1.807, 2.05) is 6.07 Å². The normalized spacial score (nSPS) is 9.95. The first-order valence-electron chi connectivity index (χ1n) is 6.08. The van der Waals surface area contributed by atoms with E-state index < -0.39 is 10.7 Å². The molecule has 0 saturated carbocycles. The molecule has 21 heavy (non-hydrogen) atoms. The van der Waals surface area contributed by atoms with Gasteiger partial charge in [0.2, 0.25) is 0 Å². The van der Waals surface area contributed by atoms with Gasteiger partial charge in [-0.05, 0) is 24.6 Å². The van der Waals surface area contributed by atoms with Gasteiger partial charge in [-0.25, -0.2) is 4.39 Å². The van der Waals surface area contributed by atoms with E-state index in [1.54, 1.807) is 19.1 Å². The first-order chi connectivity index (χ1) is 10.0. The van der Waals surface area contributed by atoms with Gasteiger partial charge in [0.1, 0.15) is 12.4 Å². The lowest BCUT2D eigenvalue weighted by Gasteiger charge is -2.10. The van der Waals surface area contributed by atoms with Gasteiger partial charge in [-0.15, -0.1) is 0 Å². The minimum atomic E-state index is -0.578. The third-order valence-corrected chi connectivity index (χ3v) is 2.94. The Bertz CT molecular complexity index is 738. The molecule has 0 aromatic heterocycles. The van der Waals surface area contributed by atoms with Gasteiger partial charge in [-0.1, -0.05) is 18.2 Å². The molecule has 0 amide bonds. The number of hydrogen-bond acceptors (Lipinski definition) is 4. The quantitative estimate of drug-likeness (QED) is 0.636. The summed E-state index contributed by atoms with van der Waals surface area (Å²) in [6.07, 6.45) is 0. The maximum Gasteiger partial charge on any atom is 0.311 e. The van der Waals surface area contributed by atoms with E-state index in [0.717, 1.165) is 6.07 Å². The van der Waals surface area contributed by atoms with Crippen LogP contribution in [0.15, 0.2) is 36.4 Å². The Hall–Kier alpha value is -2.94. The molecule has 6 heteroatoms. The van der Waals surface area contributed by atoms with Crippen LogP contribution in [0.2, 0.25) is 0 Å². The Kier molecular flexibility index (Phi) is 4.14. The lowest BCUT2D eigenvalue weighted by Crippen LogP contribution is -2.02. The van der Waals surface area contributed by atoms with Crippen LogP contribution in [0.1, 0.15) is 16.7 Å². The zero-order valence-electron chi connectivity index (χ0n) is 11.2. The first kappa shape index (κ1) is 14.5. The fourth-order valence-corrected chi connectivity index (χ4v) is 1.85. The number of nitriles is 1. The van der Waals surface area contributed by atoms with E-state index in [4.69, 9.17) is 10.00 Å². The number of ether oxygens (including phenoxy) is 1. The number of hydrogen-bond donors (Lipinski definition) is 0. The van der Waals surface area contributed by atoms with Gasteiger partial charge in [0, 0.05) is 11.6 Å². The van der Waals surface area contributed by atoms with Gasteiger partial charge in [0.25, 0.3) is 0 Å². The molecule has 5 nitrogen and oxygen atoms in total. The molecule has 2 rings (SSSR count). The molecular formula is C15H11FN2O3. The Morgan fingerprint density at radius 1 is 1.38 bits per heavy atom. The molecule has 0 atom stereocenters. The molecule has 2 aromatic rings. The summed E-state index contributed by atoms with van der Waals surface area (Å²) in [7, 11) is 0. The summed E-state index contributed by atoms with van der Waals surface area (Å²) < 4.78 is 19.1. The van der Waals surface area contributed by atoms with Crippen molar-refractivity contribution < 1.29 is 14.1 Å². The second-order valence-corrected chi connectivity index (χ2v) is 4.39. The number of nitrogens with zero attached hydrogens (tertiary/aromatic N) is 2. The Morgan fingerprint density at radius 2 is 2.14 bits per heavy atom. The van der Waals surface area contributed by atoms with Crippen LogP contribution in [-0.2, 0) is 6.61 Å². The molecular weight excluding hydrogens is 275 g/mol. The predicted octanol–water partition coefficient (Wildman–Crippen LogP) is 3.49. The fraction of sp³-hybridized carbons (Fsp3) is 0.133. The Morgan fingerprint density at radius 3 is 2.76 bits per heavy atom. The summed E-state index contributed by atoms with van der Waals surface area (Å²) in [6.45, 7) is 1.53. The lowest BCUT2D eigenvalue weighted by atomic mass is 10.1. The molecule has 2 aromatic carbocycles. The molecule has 0 spiro atoms. The average molecular weight is 286 g/mol. The van der Waals surface area contributed by atoms with Crippen molar-refractivity contribution in [1.29, 1.82) is 5.26 Å². The maximum absolute atomic E-state index is 13.7. The molecule has 0 fully saturated rings. The highest BCUT2D eigenvalue weighted by atomic mass is 19.1. The van der Waals surface area contributed by atoms with Gasteiger partial charge in [-0.2, -0.15) is 5.26 Å². The second-order valence-electron chi connectivity index (χ2n) is 4.39. The van der Waals surface area contributed by atoms with Crippen LogP contribution in [-0.4, -0.2) is 4.92 Å². The summed E-state index contributed by atoms with van der Waals surface area (Å²) in [4.78, 5) is 10.4. The van der Waals surface area contributed by atoms with Crippen LogP contribution in [0.5, 0.6) is 5.75 Å². The molecule has 0 aliphatic rings. The van der Waals surface area contributed by atoms with Crippen molar-refractivity contribution >= 4 is 5.69 Å². The van der Waals surface area contributed by atoms with Gasteiger partial charge >= 0.3 is 5.69 Å². The van der Waals surface area contributed by atoms with E-state index in [1.165, 1.54) is 18.2 Å². The van der Waals surface area contributed by atoms with Crippen molar-refractivity contribution in [3.8, 4) is 11.8 Å². The van der Waals surface area contributed by atoms with Gasteiger partial charge < -0.3 is 4.74 Å². The highest BCUT2D eigenvalue weighted by molar-refractivity contribution is 5.51. The molecule has 0 unspecified atom stereocenters. The van der Waals surface area contributed by atoms with E-state index in [-0.39, 0.29) is 29.2 Å². The standard InChI is InChI=1S/C15H11FN2O3/c1-10-3-2-4-14(18(19)20)15(10)21-9-12-6-5-11(8-17)7-13(12)16/h2-7H,9H2,1H3. The smallest absolute Gasteiger partial charge is 0.311 e. The van der Waals surface area contributed by atoms with E-state index in [0.29, 0.717) is 5.56 Å². The zero-order valence-corrected chi connectivity index (χ0v) is 11.2. The van der Waals surface area contributed by atoms with E-state index >= 15 is 0 Å². The summed E-state index contributed by atoms with van der Waals surface area (Å²) >= 11 is 0. The van der Waals surface area contributed by atoms with Crippen LogP contribution >= 0.6 is 0 Å².